The van der Waals surface area contributed by atoms with Gasteiger partial charge in [-0.15, -0.1) is 11.6 Å². The zero-order valence-electron chi connectivity index (χ0n) is 9.97. The second kappa shape index (κ2) is 6.93. The van der Waals surface area contributed by atoms with E-state index in [0.717, 1.165) is 13.0 Å². The van der Waals surface area contributed by atoms with Gasteiger partial charge in [-0.1, -0.05) is 60.7 Å². The molecule has 0 aliphatic heterocycles. The molecular weight excluding hydrogens is 310 g/mol. The van der Waals surface area contributed by atoms with Crippen molar-refractivity contribution in [3.63, 3.8) is 0 Å². The third kappa shape index (κ3) is 4.13. The highest BCUT2D eigenvalue weighted by molar-refractivity contribution is 9.07. The number of hydrogen-bond acceptors (Lipinski definition) is 1. The maximum Gasteiger partial charge on any atom is 0.0991 e. The molecule has 18 heavy (non-hydrogen) atoms. The Morgan fingerprint density at radius 1 is 0.889 bits per heavy atom. The minimum Gasteiger partial charge on any atom is -0.220 e. The van der Waals surface area contributed by atoms with E-state index in [1.807, 2.05) is 40.3 Å². The molecule has 1 nitrogen and oxygen atoms in total. The van der Waals surface area contributed by atoms with E-state index >= 15 is 0 Å². The molecule has 0 spiro atoms. The van der Waals surface area contributed by atoms with Gasteiger partial charge in [0.25, 0.3) is 0 Å². The lowest BCUT2D eigenvalue weighted by atomic mass is 10.1. The van der Waals surface area contributed by atoms with Gasteiger partial charge in [-0.25, -0.2) is 3.93 Å². The van der Waals surface area contributed by atoms with Crippen molar-refractivity contribution >= 4 is 27.7 Å². The first-order valence-corrected chi connectivity index (χ1v) is 7.04. The van der Waals surface area contributed by atoms with Crippen LogP contribution in [-0.4, -0.2) is 9.43 Å². The molecule has 0 aliphatic rings. The molecule has 0 heterocycles. The molecule has 94 valence electrons. The zero-order valence-corrected chi connectivity index (χ0v) is 12.3. The number of halogens is 2. The molecule has 1 unspecified atom stereocenters. The van der Waals surface area contributed by atoms with Crippen LogP contribution in [0.15, 0.2) is 60.7 Å². The monoisotopic (exact) mass is 323 g/mol. The smallest absolute Gasteiger partial charge is 0.0991 e. The Hall–Kier alpha value is -0.830. The molecule has 0 bridgehead atoms. The van der Waals surface area contributed by atoms with Gasteiger partial charge in [0.15, 0.2) is 0 Å². The highest BCUT2D eigenvalue weighted by Crippen LogP contribution is 2.19. The van der Waals surface area contributed by atoms with E-state index in [1.165, 1.54) is 11.1 Å². The van der Waals surface area contributed by atoms with Crippen molar-refractivity contribution in [2.24, 2.45) is 0 Å². The average Bonchev–Trinajstić information content (AvgIpc) is 2.41. The molecule has 2 aromatic carbocycles. The van der Waals surface area contributed by atoms with E-state index in [-0.39, 0.29) is 5.50 Å². The summed E-state index contributed by atoms with van der Waals surface area (Å²) in [6.45, 7) is 0.793. The highest BCUT2D eigenvalue weighted by Gasteiger charge is 2.13. The molecule has 0 radical (unpaired) electrons. The lowest BCUT2D eigenvalue weighted by molar-refractivity contribution is 0.447. The summed E-state index contributed by atoms with van der Waals surface area (Å²) in [6.07, 6.45) is 0.820. The Bertz CT molecular complexity index is 415. The van der Waals surface area contributed by atoms with Crippen molar-refractivity contribution in [3.8, 4) is 0 Å². The summed E-state index contributed by atoms with van der Waals surface area (Å²) in [7, 11) is 0. The zero-order chi connectivity index (χ0) is 12.8. The van der Waals surface area contributed by atoms with Gasteiger partial charge >= 0.3 is 0 Å². The highest BCUT2D eigenvalue weighted by atomic mass is 79.9. The predicted molar refractivity (Wildman–Crippen MR) is 80.7 cm³/mol. The van der Waals surface area contributed by atoms with Gasteiger partial charge in [0.1, 0.15) is 0 Å². The fourth-order valence-electron chi connectivity index (χ4n) is 1.76. The number of hydrogen-bond donors (Lipinski definition) is 0. The molecule has 0 N–H and O–H groups in total. The minimum atomic E-state index is -0.0624. The van der Waals surface area contributed by atoms with Crippen LogP contribution in [0.4, 0.5) is 0 Å². The fourth-order valence-corrected chi connectivity index (χ4v) is 2.45. The van der Waals surface area contributed by atoms with Crippen molar-refractivity contribution in [3.05, 3.63) is 71.8 Å². The quantitative estimate of drug-likeness (QED) is 0.441. The average molecular weight is 325 g/mol. The molecule has 2 aromatic rings. The van der Waals surface area contributed by atoms with Crippen LogP contribution in [0.1, 0.15) is 11.1 Å². The Labute approximate surface area is 122 Å². The van der Waals surface area contributed by atoms with Gasteiger partial charge in [-0.2, -0.15) is 0 Å². The van der Waals surface area contributed by atoms with Crippen molar-refractivity contribution in [2.75, 3.05) is 0 Å². The van der Waals surface area contributed by atoms with E-state index in [9.17, 15) is 0 Å². The Balaban J connectivity index is 1.91. The van der Waals surface area contributed by atoms with Gasteiger partial charge in [0.2, 0.25) is 0 Å². The third-order valence-electron chi connectivity index (χ3n) is 2.73. The first-order chi connectivity index (χ1) is 8.75. The summed E-state index contributed by atoms with van der Waals surface area (Å²) >= 11 is 9.93. The Morgan fingerprint density at radius 2 is 1.39 bits per heavy atom. The molecule has 0 saturated heterocycles. The van der Waals surface area contributed by atoms with Crippen LogP contribution in [0.2, 0.25) is 0 Å². The van der Waals surface area contributed by atoms with E-state index in [4.69, 9.17) is 11.6 Å². The molecule has 1 atom stereocenters. The SMILES string of the molecule is ClC(Cc1ccccc1)N(Br)Cc1ccccc1. The first-order valence-electron chi connectivity index (χ1n) is 5.90. The lowest BCUT2D eigenvalue weighted by Gasteiger charge is -2.20. The maximum absolute atomic E-state index is 6.39. The van der Waals surface area contributed by atoms with E-state index in [1.54, 1.807) is 0 Å². The molecule has 3 heteroatoms. The van der Waals surface area contributed by atoms with Crippen LogP contribution < -0.4 is 0 Å². The number of alkyl halides is 1. The largest absolute Gasteiger partial charge is 0.220 e. The van der Waals surface area contributed by atoms with Gasteiger partial charge in [-0.05, 0) is 11.1 Å². The van der Waals surface area contributed by atoms with Gasteiger partial charge < -0.3 is 0 Å². The van der Waals surface area contributed by atoms with Gasteiger partial charge in [0.05, 0.1) is 5.50 Å². The Kier molecular flexibility index (Phi) is 5.24. The standard InChI is InChI=1S/C15H15BrClN/c16-18(12-14-9-5-2-6-10-14)15(17)11-13-7-3-1-4-8-13/h1-10,15H,11-12H2. The summed E-state index contributed by atoms with van der Waals surface area (Å²) in [4.78, 5) is 0. The summed E-state index contributed by atoms with van der Waals surface area (Å²) in [6, 6.07) is 20.6. The molecule has 0 aromatic heterocycles. The topological polar surface area (TPSA) is 3.24 Å². The van der Waals surface area contributed by atoms with Gasteiger partial charge in [0, 0.05) is 29.1 Å². The number of benzene rings is 2. The second-order valence-electron chi connectivity index (χ2n) is 4.17. The Morgan fingerprint density at radius 3 is 1.94 bits per heavy atom. The van der Waals surface area contributed by atoms with Crippen LogP contribution >= 0.6 is 27.7 Å². The number of rotatable bonds is 5. The van der Waals surface area contributed by atoms with Crippen LogP contribution in [0, 0.1) is 0 Å². The predicted octanol–water partition coefficient (Wildman–Crippen LogP) is 4.61. The molecule has 0 fully saturated rings. The van der Waals surface area contributed by atoms with Crippen LogP contribution in [0.25, 0.3) is 0 Å². The molecule has 0 amide bonds. The van der Waals surface area contributed by atoms with E-state index in [2.05, 4.69) is 40.4 Å². The summed E-state index contributed by atoms with van der Waals surface area (Å²) in [5.41, 5.74) is 2.43. The van der Waals surface area contributed by atoms with Crippen molar-refractivity contribution in [2.45, 2.75) is 18.5 Å². The third-order valence-corrected chi connectivity index (χ3v) is 4.10. The second-order valence-corrected chi connectivity index (χ2v) is 5.58. The fraction of sp³-hybridized carbons (Fsp3) is 0.200. The summed E-state index contributed by atoms with van der Waals surface area (Å²) in [5.74, 6) is 0. The van der Waals surface area contributed by atoms with Crippen molar-refractivity contribution in [1.82, 2.24) is 3.93 Å². The van der Waals surface area contributed by atoms with E-state index in [0.29, 0.717) is 0 Å². The maximum atomic E-state index is 6.39. The normalized spacial score (nSPS) is 12.6. The molecule has 0 saturated carbocycles. The first kappa shape index (κ1) is 13.6. The van der Waals surface area contributed by atoms with Crippen LogP contribution in [-0.2, 0) is 13.0 Å². The van der Waals surface area contributed by atoms with Crippen LogP contribution in [0.3, 0.4) is 0 Å². The van der Waals surface area contributed by atoms with Gasteiger partial charge in [-0.3, -0.25) is 0 Å². The minimum absolute atomic E-state index is 0.0624. The van der Waals surface area contributed by atoms with Crippen molar-refractivity contribution in [1.29, 1.82) is 0 Å². The lowest BCUT2D eigenvalue weighted by Crippen LogP contribution is -2.23. The molecule has 2 rings (SSSR count). The number of nitrogens with zero attached hydrogens (tertiary/aromatic N) is 1. The summed E-state index contributed by atoms with van der Waals surface area (Å²) in [5, 5.41) is 0. The van der Waals surface area contributed by atoms with E-state index < -0.39 is 0 Å². The molecule has 0 aliphatic carbocycles. The van der Waals surface area contributed by atoms with Crippen molar-refractivity contribution < 1.29 is 0 Å². The van der Waals surface area contributed by atoms with Crippen LogP contribution in [0.5, 0.6) is 0 Å². The molecular formula is C15H15BrClN. The summed E-state index contributed by atoms with van der Waals surface area (Å²) < 4.78 is 1.98.